The van der Waals surface area contributed by atoms with E-state index in [4.69, 9.17) is 0 Å². The maximum absolute atomic E-state index is 11.0. The molecule has 0 aromatic heterocycles. The van der Waals surface area contributed by atoms with Crippen molar-refractivity contribution < 1.29 is 4.79 Å². The van der Waals surface area contributed by atoms with Gasteiger partial charge in [-0.25, -0.2) is 0 Å². The van der Waals surface area contributed by atoms with E-state index in [2.05, 4.69) is 10.3 Å². The molecule has 0 atom stereocenters. The zero-order valence-electron chi connectivity index (χ0n) is 11.1. The first-order valence-electron chi connectivity index (χ1n) is 6.13. The van der Waals surface area contributed by atoms with Crippen LogP contribution in [0.15, 0.2) is 59.6 Å². The minimum absolute atomic E-state index is 0.0743. The lowest BCUT2D eigenvalue weighted by molar-refractivity contribution is -0.114. The lowest BCUT2D eigenvalue weighted by Crippen LogP contribution is -2.06. The fourth-order valence-corrected chi connectivity index (χ4v) is 1.79. The summed E-state index contributed by atoms with van der Waals surface area (Å²) in [6, 6.07) is 17.5. The van der Waals surface area contributed by atoms with Crippen LogP contribution in [0.3, 0.4) is 0 Å². The van der Waals surface area contributed by atoms with Gasteiger partial charge in [0.2, 0.25) is 5.91 Å². The van der Waals surface area contributed by atoms with Crippen LogP contribution in [0.4, 0.5) is 11.4 Å². The predicted octanol–water partition coefficient (Wildman–Crippen LogP) is 3.79. The molecule has 96 valence electrons. The molecule has 2 rings (SSSR count). The molecule has 0 aliphatic heterocycles. The van der Waals surface area contributed by atoms with Gasteiger partial charge < -0.3 is 5.32 Å². The number of rotatable bonds is 3. The molecule has 0 bridgehead atoms. The molecule has 0 fully saturated rings. The second-order valence-corrected chi connectivity index (χ2v) is 4.29. The summed E-state index contributed by atoms with van der Waals surface area (Å²) in [5, 5.41) is 2.77. The molecule has 1 amide bonds. The van der Waals surface area contributed by atoms with Crippen molar-refractivity contribution in [3.63, 3.8) is 0 Å². The van der Waals surface area contributed by atoms with E-state index in [1.807, 2.05) is 61.5 Å². The van der Waals surface area contributed by atoms with Crippen molar-refractivity contribution in [3.05, 3.63) is 60.2 Å². The minimum atomic E-state index is -0.0743. The molecular formula is C16H16N2O. The lowest BCUT2D eigenvalue weighted by Gasteiger charge is -2.05. The number of nitrogens with zero attached hydrogens (tertiary/aromatic N) is 1. The number of para-hydroxylation sites is 1. The SMILES string of the molecule is CC(=O)Nc1cccc(C(C)=Nc2ccccc2)c1. The van der Waals surface area contributed by atoms with Crippen LogP contribution in [0.2, 0.25) is 0 Å². The van der Waals surface area contributed by atoms with E-state index >= 15 is 0 Å². The number of hydrogen-bond acceptors (Lipinski definition) is 2. The van der Waals surface area contributed by atoms with Crippen LogP contribution in [0.25, 0.3) is 0 Å². The molecule has 1 N–H and O–H groups in total. The topological polar surface area (TPSA) is 41.5 Å². The predicted molar refractivity (Wildman–Crippen MR) is 79.1 cm³/mol. The first-order chi connectivity index (χ1) is 9.15. The van der Waals surface area contributed by atoms with E-state index in [9.17, 15) is 4.79 Å². The molecule has 0 saturated carbocycles. The van der Waals surface area contributed by atoms with Crippen molar-refractivity contribution >= 4 is 23.0 Å². The van der Waals surface area contributed by atoms with E-state index in [-0.39, 0.29) is 5.91 Å². The molecule has 2 aromatic carbocycles. The van der Waals surface area contributed by atoms with Gasteiger partial charge in [-0.05, 0) is 36.8 Å². The normalized spacial score (nSPS) is 11.2. The summed E-state index contributed by atoms with van der Waals surface area (Å²) in [5.41, 5.74) is 3.62. The summed E-state index contributed by atoms with van der Waals surface area (Å²) >= 11 is 0. The molecule has 0 heterocycles. The maximum atomic E-state index is 11.0. The zero-order chi connectivity index (χ0) is 13.7. The molecule has 0 spiro atoms. The second kappa shape index (κ2) is 5.96. The van der Waals surface area contributed by atoms with Crippen molar-refractivity contribution in [2.75, 3.05) is 5.32 Å². The number of amides is 1. The molecule has 3 heteroatoms. The fraction of sp³-hybridized carbons (Fsp3) is 0.125. The van der Waals surface area contributed by atoms with Gasteiger partial charge in [0.25, 0.3) is 0 Å². The Morgan fingerprint density at radius 1 is 1.00 bits per heavy atom. The van der Waals surface area contributed by atoms with Gasteiger partial charge in [-0.2, -0.15) is 0 Å². The first-order valence-corrected chi connectivity index (χ1v) is 6.13. The lowest BCUT2D eigenvalue weighted by atomic mass is 10.1. The van der Waals surface area contributed by atoms with Crippen molar-refractivity contribution in [1.29, 1.82) is 0 Å². The van der Waals surface area contributed by atoms with Gasteiger partial charge in [0.1, 0.15) is 0 Å². The Balaban J connectivity index is 2.26. The molecule has 3 nitrogen and oxygen atoms in total. The smallest absolute Gasteiger partial charge is 0.221 e. The van der Waals surface area contributed by atoms with Crippen molar-refractivity contribution in [2.45, 2.75) is 13.8 Å². The van der Waals surface area contributed by atoms with E-state index in [0.717, 1.165) is 22.6 Å². The average molecular weight is 252 g/mol. The van der Waals surface area contributed by atoms with Crippen LogP contribution in [0.5, 0.6) is 0 Å². The number of benzene rings is 2. The zero-order valence-corrected chi connectivity index (χ0v) is 11.1. The Morgan fingerprint density at radius 3 is 2.42 bits per heavy atom. The number of carbonyl (C=O) groups excluding carboxylic acids is 1. The Labute approximate surface area is 113 Å². The van der Waals surface area contributed by atoms with E-state index in [1.54, 1.807) is 0 Å². The molecule has 0 radical (unpaired) electrons. The average Bonchev–Trinajstić information content (AvgIpc) is 2.39. The van der Waals surface area contributed by atoms with Gasteiger partial charge in [-0.15, -0.1) is 0 Å². The van der Waals surface area contributed by atoms with E-state index < -0.39 is 0 Å². The third-order valence-electron chi connectivity index (χ3n) is 2.65. The third-order valence-corrected chi connectivity index (χ3v) is 2.65. The third kappa shape index (κ3) is 3.78. The standard InChI is InChI=1S/C16H16N2O/c1-12(17-15-8-4-3-5-9-15)14-7-6-10-16(11-14)18-13(2)19/h3-11H,1-2H3,(H,18,19). The molecule has 0 unspecified atom stereocenters. The van der Waals surface area contributed by atoms with E-state index in [0.29, 0.717) is 0 Å². The Kier molecular flexibility index (Phi) is 4.08. The monoisotopic (exact) mass is 252 g/mol. The summed E-state index contributed by atoms with van der Waals surface area (Å²) in [5.74, 6) is -0.0743. The van der Waals surface area contributed by atoms with Gasteiger partial charge in [0.15, 0.2) is 0 Å². The molecule has 0 aliphatic rings. The van der Waals surface area contributed by atoms with Crippen LogP contribution in [-0.4, -0.2) is 11.6 Å². The quantitative estimate of drug-likeness (QED) is 0.830. The van der Waals surface area contributed by atoms with Gasteiger partial charge in [-0.3, -0.25) is 9.79 Å². The van der Waals surface area contributed by atoms with Gasteiger partial charge in [-0.1, -0.05) is 30.3 Å². The summed E-state index contributed by atoms with van der Waals surface area (Å²) in [7, 11) is 0. The highest BCUT2D eigenvalue weighted by Crippen LogP contribution is 2.16. The number of aliphatic imine (C=N–C) groups is 1. The summed E-state index contributed by atoms with van der Waals surface area (Å²) in [6.07, 6.45) is 0. The molecule has 0 aliphatic carbocycles. The summed E-state index contributed by atoms with van der Waals surface area (Å²) in [4.78, 5) is 15.6. The summed E-state index contributed by atoms with van der Waals surface area (Å²) < 4.78 is 0. The van der Waals surface area contributed by atoms with Gasteiger partial charge >= 0.3 is 0 Å². The minimum Gasteiger partial charge on any atom is -0.326 e. The van der Waals surface area contributed by atoms with Gasteiger partial charge in [0.05, 0.1) is 5.69 Å². The Bertz CT molecular complexity index is 603. The highest BCUT2D eigenvalue weighted by atomic mass is 16.1. The van der Waals surface area contributed by atoms with Crippen LogP contribution < -0.4 is 5.32 Å². The maximum Gasteiger partial charge on any atom is 0.221 e. The highest BCUT2D eigenvalue weighted by Gasteiger charge is 2.01. The number of hydrogen-bond donors (Lipinski definition) is 1. The van der Waals surface area contributed by atoms with Crippen LogP contribution in [0, 0.1) is 0 Å². The Hall–Kier alpha value is -2.42. The highest BCUT2D eigenvalue weighted by molar-refractivity contribution is 6.01. The second-order valence-electron chi connectivity index (χ2n) is 4.29. The van der Waals surface area contributed by atoms with Crippen molar-refractivity contribution in [2.24, 2.45) is 4.99 Å². The van der Waals surface area contributed by atoms with Crippen molar-refractivity contribution in [3.8, 4) is 0 Å². The van der Waals surface area contributed by atoms with Crippen LogP contribution in [0.1, 0.15) is 19.4 Å². The largest absolute Gasteiger partial charge is 0.326 e. The van der Waals surface area contributed by atoms with Crippen LogP contribution >= 0.6 is 0 Å². The van der Waals surface area contributed by atoms with Crippen molar-refractivity contribution in [1.82, 2.24) is 0 Å². The van der Waals surface area contributed by atoms with Gasteiger partial charge in [0, 0.05) is 18.3 Å². The molecule has 2 aromatic rings. The number of carbonyl (C=O) groups is 1. The molecular weight excluding hydrogens is 236 g/mol. The first kappa shape index (κ1) is 13.0. The molecule has 19 heavy (non-hydrogen) atoms. The molecule has 0 saturated heterocycles. The fourth-order valence-electron chi connectivity index (χ4n) is 1.79. The number of nitrogens with one attached hydrogen (secondary N) is 1. The van der Waals surface area contributed by atoms with E-state index in [1.165, 1.54) is 6.92 Å². The summed E-state index contributed by atoms with van der Waals surface area (Å²) in [6.45, 7) is 3.46. The van der Waals surface area contributed by atoms with Crippen LogP contribution in [-0.2, 0) is 4.79 Å². The Morgan fingerprint density at radius 2 is 1.74 bits per heavy atom. The number of anilines is 1.